The molecule has 0 bridgehead atoms. The number of hydrogen-bond acceptors (Lipinski definition) is 8. The van der Waals surface area contributed by atoms with E-state index in [9.17, 15) is 39.6 Å². The van der Waals surface area contributed by atoms with Gasteiger partial charge in [-0.15, -0.1) is 0 Å². The minimum absolute atomic E-state index is 0. The van der Waals surface area contributed by atoms with Gasteiger partial charge in [-0.1, -0.05) is 26.3 Å². The van der Waals surface area contributed by atoms with E-state index >= 15 is 0 Å². The van der Waals surface area contributed by atoms with Gasteiger partial charge < -0.3 is 39.6 Å². The van der Waals surface area contributed by atoms with Crippen molar-refractivity contribution in [2.24, 2.45) is 0 Å². The fraction of sp³-hybridized carbons (Fsp3) is 0.250. The summed E-state index contributed by atoms with van der Waals surface area (Å²) in [5.41, 5.74) is 0.259. The van der Waals surface area contributed by atoms with Gasteiger partial charge in [-0.05, 0) is 50.0 Å². The maximum absolute atomic E-state index is 9.49. The van der Waals surface area contributed by atoms with Crippen molar-refractivity contribution < 1.29 is 39.6 Å². The second-order valence-electron chi connectivity index (χ2n) is 4.27. The monoisotopic (exact) mass is 460 g/mol. The van der Waals surface area contributed by atoms with Gasteiger partial charge in [0.2, 0.25) is 0 Å². The molecule has 0 aromatic heterocycles. The normalized spacial score (nSPS) is 7.20. The summed E-state index contributed by atoms with van der Waals surface area (Å²) in [4.78, 5) is 38.0. The Morgan fingerprint density at radius 1 is 0.480 bits per heavy atom. The molecule has 0 rings (SSSR count). The first-order chi connectivity index (χ1) is 10.6. The zero-order chi connectivity index (χ0) is 20.6. The second-order valence-corrected chi connectivity index (χ2v) is 4.27. The number of aliphatic carboxylic acids is 4. The van der Waals surface area contributed by atoms with E-state index in [-0.39, 0.29) is 46.2 Å². The third-order valence-electron chi connectivity index (χ3n) is 1.39. The molecule has 0 N–H and O–H groups in total. The molecule has 0 aromatic rings. The molecule has 0 fully saturated rings. The summed E-state index contributed by atoms with van der Waals surface area (Å²) < 4.78 is 0. The molecule has 0 aliphatic carbocycles. The van der Waals surface area contributed by atoms with E-state index in [0.717, 1.165) is 0 Å². The molecule has 0 atom stereocenters. The van der Waals surface area contributed by atoms with Crippen LogP contribution in [0.2, 0.25) is 0 Å². The SMILES string of the molecule is C=C(C)C(=O)[O-].C=C(C)C(=O)[O-].C=C(C)C(=O)[O-].C=C(C)C(=O)[O-].[Sn+4]. The molecule has 0 amide bonds. The number of carbonyl (C=O) groups is 4. The molecular formula is C16H20O8Sn. The van der Waals surface area contributed by atoms with Crippen LogP contribution >= 0.6 is 0 Å². The smallest absolute Gasteiger partial charge is 0.545 e. The molecule has 0 spiro atoms. The summed E-state index contributed by atoms with van der Waals surface area (Å²) in [6, 6.07) is 0. The Kier molecular flexibility index (Phi) is 26.8. The Hall–Kier alpha value is -2.36. The number of carboxylic acids is 4. The van der Waals surface area contributed by atoms with Gasteiger partial charge in [0, 0.05) is 0 Å². The zero-order valence-electron chi connectivity index (χ0n) is 14.6. The van der Waals surface area contributed by atoms with Crippen molar-refractivity contribution in [1.82, 2.24) is 0 Å². The van der Waals surface area contributed by atoms with Crippen LogP contribution in [-0.2, 0) is 19.2 Å². The quantitative estimate of drug-likeness (QED) is 0.315. The van der Waals surface area contributed by atoms with Crippen molar-refractivity contribution in [2.45, 2.75) is 27.7 Å². The topological polar surface area (TPSA) is 161 Å². The third kappa shape index (κ3) is 44.9. The van der Waals surface area contributed by atoms with Crippen molar-refractivity contribution in [1.29, 1.82) is 0 Å². The van der Waals surface area contributed by atoms with Gasteiger partial charge >= 0.3 is 23.9 Å². The molecule has 0 radical (unpaired) electrons. The average molecular weight is 459 g/mol. The van der Waals surface area contributed by atoms with Crippen LogP contribution in [-0.4, -0.2) is 47.8 Å². The largest absolute Gasteiger partial charge is 4.00 e. The van der Waals surface area contributed by atoms with Crippen LogP contribution in [0.5, 0.6) is 0 Å². The van der Waals surface area contributed by atoms with Gasteiger partial charge in [0.25, 0.3) is 0 Å². The van der Waals surface area contributed by atoms with Crippen molar-refractivity contribution in [3.63, 3.8) is 0 Å². The Labute approximate surface area is 163 Å². The van der Waals surface area contributed by atoms with Crippen molar-refractivity contribution >= 4 is 47.8 Å². The first kappa shape index (κ1) is 34.1. The maximum Gasteiger partial charge on any atom is 4.00 e. The molecule has 0 aromatic carbocycles. The van der Waals surface area contributed by atoms with Gasteiger partial charge in [0.1, 0.15) is 0 Å². The summed E-state index contributed by atoms with van der Waals surface area (Å²) >= 11 is 0. The minimum atomic E-state index is -1.19. The first-order valence-electron chi connectivity index (χ1n) is 6.05. The Morgan fingerprint density at radius 2 is 0.520 bits per heavy atom. The van der Waals surface area contributed by atoms with Gasteiger partial charge in [-0.3, -0.25) is 0 Å². The zero-order valence-corrected chi connectivity index (χ0v) is 17.4. The van der Waals surface area contributed by atoms with E-state index in [4.69, 9.17) is 0 Å². The van der Waals surface area contributed by atoms with Gasteiger partial charge in [0.15, 0.2) is 0 Å². The molecule has 9 heteroatoms. The van der Waals surface area contributed by atoms with Crippen molar-refractivity contribution in [3.05, 3.63) is 48.6 Å². The summed E-state index contributed by atoms with van der Waals surface area (Å²) in [6.07, 6.45) is 0. The molecule has 0 aliphatic heterocycles. The van der Waals surface area contributed by atoms with Crippen LogP contribution in [0.15, 0.2) is 48.6 Å². The van der Waals surface area contributed by atoms with Gasteiger partial charge in [-0.25, -0.2) is 0 Å². The summed E-state index contributed by atoms with van der Waals surface area (Å²) in [7, 11) is 0. The van der Waals surface area contributed by atoms with Crippen LogP contribution in [0.4, 0.5) is 0 Å². The van der Waals surface area contributed by atoms with E-state index in [2.05, 4.69) is 26.3 Å². The summed E-state index contributed by atoms with van der Waals surface area (Å²) in [5.74, 6) is -4.74. The van der Waals surface area contributed by atoms with Crippen LogP contribution in [0.1, 0.15) is 27.7 Å². The third-order valence-corrected chi connectivity index (χ3v) is 1.39. The Morgan fingerprint density at radius 3 is 0.520 bits per heavy atom. The van der Waals surface area contributed by atoms with Crippen molar-refractivity contribution in [2.75, 3.05) is 0 Å². The molecule has 8 nitrogen and oxygen atoms in total. The summed E-state index contributed by atoms with van der Waals surface area (Å²) in [5, 5.41) is 38.0. The average Bonchev–Trinajstić information content (AvgIpc) is 2.40. The predicted octanol–water partition coefficient (Wildman–Crippen LogP) is -3.13. The number of carbonyl (C=O) groups excluding carboxylic acids is 4. The standard InChI is InChI=1S/4C4H6O2.Sn/c4*1-3(2)4(5)6;/h4*1H2,2H3,(H,5,6);/q;;;;+4/p-4. The van der Waals surface area contributed by atoms with Crippen LogP contribution < -0.4 is 20.4 Å². The first-order valence-corrected chi connectivity index (χ1v) is 6.05. The molecule has 25 heavy (non-hydrogen) atoms. The Balaban J connectivity index is -0.0000000702. The number of hydrogen-bond donors (Lipinski definition) is 0. The van der Waals surface area contributed by atoms with E-state index in [0.29, 0.717) is 0 Å². The maximum atomic E-state index is 9.49. The second kappa shape index (κ2) is 19.7. The van der Waals surface area contributed by atoms with E-state index in [1.54, 1.807) is 0 Å². The minimum Gasteiger partial charge on any atom is -0.545 e. The number of carboxylic acid groups (broad SMARTS) is 4. The van der Waals surface area contributed by atoms with Crippen LogP contribution in [0, 0.1) is 0 Å². The molecule has 0 unspecified atom stereocenters. The van der Waals surface area contributed by atoms with Crippen LogP contribution in [0.25, 0.3) is 0 Å². The summed E-state index contributed by atoms with van der Waals surface area (Å²) in [6.45, 7) is 17.9. The molecule has 136 valence electrons. The Bertz CT molecular complexity index is 388. The molecule has 0 aliphatic rings. The van der Waals surface area contributed by atoms with Crippen molar-refractivity contribution in [3.8, 4) is 0 Å². The molecule has 0 saturated heterocycles. The predicted molar refractivity (Wildman–Crippen MR) is 85.0 cm³/mol. The van der Waals surface area contributed by atoms with Crippen LogP contribution in [0.3, 0.4) is 0 Å². The van der Waals surface area contributed by atoms with E-state index in [1.807, 2.05) is 0 Å². The van der Waals surface area contributed by atoms with E-state index < -0.39 is 23.9 Å². The van der Waals surface area contributed by atoms with Gasteiger partial charge in [-0.2, -0.15) is 0 Å². The fourth-order valence-electron chi connectivity index (χ4n) is 0. The van der Waals surface area contributed by atoms with Gasteiger partial charge in [0.05, 0.1) is 23.9 Å². The fourth-order valence-corrected chi connectivity index (χ4v) is 0. The molecular weight excluding hydrogens is 439 g/mol. The molecule has 0 saturated carbocycles. The van der Waals surface area contributed by atoms with E-state index in [1.165, 1.54) is 27.7 Å². The number of rotatable bonds is 4. The molecule has 0 heterocycles.